The van der Waals surface area contributed by atoms with Crippen molar-refractivity contribution in [2.45, 2.75) is 32.7 Å². The van der Waals surface area contributed by atoms with Gasteiger partial charge in [0, 0.05) is 11.4 Å². The minimum Gasteiger partial charge on any atom is -0.317 e. The number of nitrogens with one attached hydrogen (secondary N) is 1. The second kappa shape index (κ2) is 6.96. The lowest BCUT2D eigenvalue weighted by Gasteiger charge is -2.35. The van der Waals surface area contributed by atoms with E-state index in [2.05, 4.69) is 28.8 Å². The van der Waals surface area contributed by atoms with E-state index in [4.69, 9.17) is 0 Å². The van der Waals surface area contributed by atoms with Crippen molar-refractivity contribution in [1.29, 1.82) is 0 Å². The lowest BCUT2D eigenvalue weighted by molar-refractivity contribution is 0.181. The fraction of sp³-hybridized carbons (Fsp3) is 0.300. The van der Waals surface area contributed by atoms with Crippen LogP contribution >= 0.6 is 11.3 Å². The SMILES string of the molecule is CCC1c2ccsc2CCN1C(=O)Nc1cn(-c2ccccc2)nc1C. The molecule has 1 N–H and O–H groups in total. The number of rotatable bonds is 3. The van der Waals surface area contributed by atoms with E-state index >= 15 is 0 Å². The van der Waals surface area contributed by atoms with E-state index in [1.165, 1.54) is 10.4 Å². The minimum atomic E-state index is -0.0515. The molecule has 2 amide bonds. The number of carbonyl (C=O) groups is 1. The summed E-state index contributed by atoms with van der Waals surface area (Å²) in [7, 11) is 0. The third kappa shape index (κ3) is 3.01. The fourth-order valence-electron chi connectivity index (χ4n) is 3.56. The maximum atomic E-state index is 12.9. The highest BCUT2D eigenvalue weighted by Crippen LogP contribution is 2.35. The molecule has 1 atom stereocenters. The minimum absolute atomic E-state index is 0.0515. The Labute approximate surface area is 157 Å². The average Bonchev–Trinajstić information content (AvgIpc) is 3.28. The maximum absolute atomic E-state index is 12.9. The number of para-hydroxylation sites is 1. The predicted molar refractivity (Wildman–Crippen MR) is 105 cm³/mol. The van der Waals surface area contributed by atoms with Crippen LogP contribution in [0.3, 0.4) is 0 Å². The molecular weight excluding hydrogens is 344 g/mol. The molecule has 0 saturated heterocycles. The van der Waals surface area contributed by atoms with E-state index < -0.39 is 0 Å². The summed E-state index contributed by atoms with van der Waals surface area (Å²) >= 11 is 1.79. The number of aryl methyl sites for hydroxylation is 1. The highest BCUT2D eigenvalue weighted by Gasteiger charge is 2.30. The quantitative estimate of drug-likeness (QED) is 0.725. The van der Waals surface area contributed by atoms with Gasteiger partial charge in [-0.2, -0.15) is 5.10 Å². The summed E-state index contributed by atoms with van der Waals surface area (Å²) in [5, 5.41) is 9.72. The Morgan fingerprint density at radius 3 is 2.88 bits per heavy atom. The summed E-state index contributed by atoms with van der Waals surface area (Å²) in [5.41, 5.74) is 3.84. The zero-order chi connectivity index (χ0) is 18.1. The summed E-state index contributed by atoms with van der Waals surface area (Å²) in [6.45, 7) is 4.81. The Morgan fingerprint density at radius 1 is 1.31 bits per heavy atom. The van der Waals surface area contributed by atoms with Gasteiger partial charge in [-0.15, -0.1) is 11.3 Å². The van der Waals surface area contributed by atoms with Gasteiger partial charge in [0.25, 0.3) is 0 Å². The number of urea groups is 1. The van der Waals surface area contributed by atoms with Gasteiger partial charge >= 0.3 is 6.03 Å². The molecule has 3 heterocycles. The Balaban J connectivity index is 1.55. The molecule has 0 bridgehead atoms. The van der Waals surface area contributed by atoms with Crippen LogP contribution in [-0.2, 0) is 6.42 Å². The number of carbonyl (C=O) groups excluding carboxylic acids is 1. The van der Waals surface area contributed by atoms with E-state index in [9.17, 15) is 4.79 Å². The van der Waals surface area contributed by atoms with Crippen molar-refractivity contribution < 1.29 is 4.79 Å². The first kappa shape index (κ1) is 16.8. The van der Waals surface area contributed by atoms with Crippen molar-refractivity contribution >= 4 is 23.1 Å². The molecule has 1 aliphatic rings. The van der Waals surface area contributed by atoms with Gasteiger partial charge in [0.1, 0.15) is 0 Å². The van der Waals surface area contributed by atoms with E-state index in [-0.39, 0.29) is 12.1 Å². The molecule has 6 heteroatoms. The van der Waals surface area contributed by atoms with Crippen LogP contribution in [0.25, 0.3) is 5.69 Å². The number of aromatic nitrogens is 2. The summed E-state index contributed by atoms with van der Waals surface area (Å²) in [5.74, 6) is 0. The van der Waals surface area contributed by atoms with Gasteiger partial charge in [0.05, 0.1) is 29.3 Å². The topological polar surface area (TPSA) is 50.2 Å². The van der Waals surface area contributed by atoms with Crippen molar-refractivity contribution in [3.63, 3.8) is 0 Å². The molecule has 4 rings (SSSR count). The summed E-state index contributed by atoms with van der Waals surface area (Å²) in [6.07, 6.45) is 3.72. The Hall–Kier alpha value is -2.60. The van der Waals surface area contributed by atoms with Crippen molar-refractivity contribution in [3.8, 4) is 5.69 Å². The van der Waals surface area contributed by atoms with Crippen LogP contribution in [0.4, 0.5) is 10.5 Å². The zero-order valence-electron chi connectivity index (χ0n) is 15.0. The average molecular weight is 366 g/mol. The molecule has 134 valence electrons. The number of benzene rings is 1. The zero-order valence-corrected chi connectivity index (χ0v) is 15.8. The normalized spacial score (nSPS) is 16.4. The number of hydrogen-bond acceptors (Lipinski definition) is 3. The van der Waals surface area contributed by atoms with Crippen LogP contribution in [0, 0.1) is 6.92 Å². The predicted octanol–water partition coefficient (Wildman–Crippen LogP) is 4.78. The van der Waals surface area contributed by atoms with Crippen LogP contribution in [-0.4, -0.2) is 27.3 Å². The third-order valence-electron chi connectivity index (χ3n) is 4.90. The number of fused-ring (bicyclic) bond motifs is 1. The monoisotopic (exact) mass is 366 g/mol. The van der Waals surface area contributed by atoms with E-state index in [0.29, 0.717) is 0 Å². The van der Waals surface area contributed by atoms with E-state index in [1.54, 1.807) is 16.0 Å². The molecule has 0 saturated carbocycles. The largest absolute Gasteiger partial charge is 0.322 e. The molecule has 5 nitrogen and oxygen atoms in total. The molecular formula is C20H22N4OS. The number of amides is 2. The van der Waals surface area contributed by atoms with Gasteiger partial charge in [-0.25, -0.2) is 9.48 Å². The van der Waals surface area contributed by atoms with Crippen molar-refractivity contribution in [1.82, 2.24) is 14.7 Å². The van der Waals surface area contributed by atoms with E-state index in [1.807, 2.05) is 48.4 Å². The highest BCUT2D eigenvalue weighted by molar-refractivity contribution is 7.10. The second-order valence-corrected chi connectivity index (χ2v) is 7.51. The van der Waals surface area contributed by atoms with E-state index in [0.717, 1.165) is 36.5 Å². The molecule has 3 aromatic rings. The number of hydrogen-bond donors (Lipinski definition) is 1. The first-order chi connectivity index (χ1) is 12.7. The molecule has 1 unspecified atom stereocenters. The number of nitrogens with zero attached hydrogens (tertiary/aromatic N) is 3. The maximum Gasteiger partial charge on any atom is 0.322 e. The van der Waals surface area contributed by atoms with Gasteiger partial charge in [-0.3, -0.25) is 0 Å². The van der Waals surface area contributed by atoms with Crippen LogP contribution < -0.4 is 5.32 Å². The molecule has 0 spiro atoms. The molecule has 0 radical (unpaired) electrons. The first-order valence-corrected chi connectivity index (χ1v) is 9.81. The lowest BCUT2D eigenvalue weighted by atomic mass is 9.98. The van der Waals surface area contributed by atoms with Crippen molar-refractivity contribution in [3.05, 3.63) is 64.1 Å². The smallest absolute Gasteiger partial charge is 0.317 e. The van der Waals surface area contributed by atoms with Crippen LogP contribution in [0.2, 0.25) is 0 Å². The molecule has 1 aromatic carbocycles. The van der Waals surface area contributed by atoms with Gasteiger partial charge in [-0.05, 0) is 48.9 Å². The standard InChI is InChI=1S/C20H22N4OS/c1-3-18-16-10-12-26-19(16)9-11-23(18)20(25)21-17-13-24(22-14(17)2)15-7-5-4-6-8-15/h4-8,10,12-13,18H,3,9,11H2,1-2H3,(H,21,25). The summed E-state index contributed by atoms with van der Waals surface area (Å²) in [4.78, 5) is 16.3. The second-order valence-electron chi connectivity index (χ2n) is 6.51. The Bertz CT molecular complexity index is 915. The third-order valence-corrected chi connectivity index (χ3v) is 5.90. The van der Waals surface area contributed by atoms with Gasteiger partial charge in [0.15, 0.2) is 0 Å². The molecule has 0 aliphatic carbocycles. The summed E-state index contributed by atoms with van der Waals surface area (Å²) < 4.78 is 1.80. The summed E-state index contributed by atoms with van der Waals surface area (Å²) in [6, 6.07) is 12.2. The molecule has 2 aromatic heterocycles. The number of anilines is 1. The molecule has 26 heavy (non-hydrogen) atoms. The number of thiophene rings is 1. The van der Waals surface area contributed by atoms with Gasteiger partial charge in [-0.1, -0.05) is 25.1 Å². The van der Waals surface area contributed by atoms with Gasteiger partial charge < -0.3 is 10.2 Å². The van der Waals surface area contributed by atoms with Gasteiger partial charge in [0.2, 0.25) is 0 Å². The highest BCUT2D eigenvalue weighted by atomic mass is 32.1. The van der Waals surface area contributed by atoms with Crippen LogP contribution in [0.15, 0.2) is 48.0 Å². The van der Waals surface area contributed by atoms with Crippen LogP contribution in [0.1, 0.15) is 35.5 Å². The first-order valence-electron chi connectivity index (χ1n) is 8.93. The Morgan fingerprint density at radius 2 is 2.12 bits per heavy atom. The molecule has 1 aliphatic heterocycles. The van der Waals surface area contributed by atoms with Crippen molar-refractivity contribution in [2.75, 3.05) is 11.9 Å². The Kier molecular flexibility index (Phi) is 4.51. The lowest BCUT2D eigenvalue weighted by Crippen LogP contribution is -2.41. The molecule has 0 fully saturated rings. The van der Waals surface area contributed by atoms with Crippen LogP contribution in [0.5, 0.6) is 0 Å². The fourth-order valence-corrected chi connectivity index (χ4v) is 4.49. The van der Waals surface area contributed by atoms with Crippen molar-refractivity contribution in [2.24, 2.45) is 0 Å².